The van der Waals surface area contributed by atoms with E-state index in [1.54, 1.807) is 7.11 Å². The number of aryl methyl sites for hydroxylation is 1. The van der Waals surface area contributed by atoms with E-state index in [9.17, 15) is 0 Å². The van der Waals surface area contributed by atoms with E-state index in [1.165, 1.54) is 11.1 Å². The molecule has 0 spiro atoms. The SMILES string of the molecule is COc1ccc(NC(=S)N/N=C2/CCCc3ccccc32)cc1. The third-order valence-corrected chi connectivity index (χ3v) is 4.02. The molecule has 2 aromatic rings. The normalized spacial score (nSPS) is 14.9. The maximum Gasteiger partial charge on any atom is 0.191 e. The highest BCUT2D eigenvalue weighted by Crippen LogP contribution is 2.21. The molecule has 5 heteroatoms. The lowest BCUT2D eigenvalue weighted by atomic mass is 9.90. The first-order chi connectivity index (χ1) is 11.3. The van der Waals surface area contributed by atoms with Gasteiger partial charge in [0.05, 0.1) is 12.8 Å². The van der Waals surface area contributed by atoms with E-state index in [1.807, 2.05) is 30.3 Å². The van der Waals surface area contributed by atoms with Gasteiger partial charge in [0, 0.05) is 11.3 Å². The second-order valence-electron chi connectivity index (χ2n) is 5.36. The number of nitrogens with one attached hydrogen (secondary N) is 2. The summed E-state index contributed by atoms with van der Waals surface area (Å²) in [5, 5.41) is 8.08. The molecule has 4 nitrogen and oxygen atoms in total. The van der Waals surface area contributed by atoms with Gasteiger partial charge in [-0.2, -0.15) is 5.10 Å². The Balaban J connectivity index is 1.64. The molecule has 2 aromatic carbocycles. The summed E-state index contributed by atoms with van der Waals surface area (Å²) < 4.78 is 5.14. The summed E-state index contributed by atoms with van der Waals surface area (Å²) in [6, 6.07) is 16.0. The molecule has 0 saturated carbocycles. The molecule has 1 aliphatic rings. The number of nitrogens with zero attached hydrogens (tertiary/aromatic N) is 1. The number of rotatable bonds is 3. The van der Waals surface area contributed by atoms with E-state index in [-0.39, 0.29) is 0 Å². The molecule has 0 atom stereocenters. The van der Waals surface area contributed by atoms with Gasteiger partial charge in [-0.3, -0.25) is 5.43 Å². The van der Waals surface area contributed by atoms with Gasteiger partial charge in [-0.15, -0.1) is 0 Å². The van der Waals surface area contributed by atoms with Gasteiger partial charge in [-0.1, -0.05) is 24.3 Å². The number of fused-ring (bicyclic) bond motifs is 1. The molecule has 2 N–H and O–H groups in total. The molecule has 0 amide bonds. The van der Waals surface area contributed by atoms with E-state index in [0.717, 1.165) is 36.4 Å². The molecule has 3 rings (SSSR count). The van der Waals surface area contributed by atoms with Crippen LogP contribution in [0.15, 0.2) is 53.6 Å². The Labute approximate surface area is 141 Å². The maximum atomic E-state index is 5.30. The van der Waals surface area contributed by atoms with Crippen LogP contribution in [0.2, 0.25) is 0 Å². The molecule has 0 saturated heterocycles. The summed E-state index contributed by atoms with van der Waals surface area (Å²) in [6.45, 7) is 0. The lowest BCUT2D eigenvalue weighted by Crippen LogP contribution is -2.26. The largest absolute Gasteiger partial charge is 0.497 e. The Morgan fingerprint density at radius 2 is 1.87 bits per heavy atom. The Bertz CT molecular complexity index is 725. The number of hydrogen-bond donors (Lipinski definition) is 2. The van der Waals surface area contributed by atoms with Gasteiger partial charge in [-0.05, 0) is 61.3 Å². The first kappa shape index (κ1) is 15.5. The predicted octanol–water partition coefficient (Wildman–Crippen LogP) is 3.72. The summed E-state index contributed by atoms with van der Waals surface area (Å²) in [6.07, 6.45) is 3.20. The van der Waals surface area contributed by atoms with Crippen LogP contribution in [0, 0.1) is 0 Å². The van der Waals surface area contributed by atoms with Crippen molar-refractivity contribution in [3.05, 3.63) is 59.7 Å². The predicted molar refractivity (Wildman–Crippen MR) is 98.3 cm³/mol. The van der Waals surface area contributed by atoms with E-state index in [4.69, 9.17) is 17.0 Å². The van der Waals surface area contributed by atoms with Crippen LogP contribution in [-0.2, 0) is 6.42 Å². The Morgan fingerprint density at radius 3 is 2.65 bits per heavy atom. The first-order valence-corrected chi connectivity index (χ1v) is 8.03. The number of hydrogen-bond acceptors (Lipinski definition) is 3. The molecular weight excluding hydrogens is 306 g/mol. The molecule has 0 heterocycles. The van der Waals surface area contributed by atoms with Gasteiger partial charge >= 0.3 is 0 Å². The van der Waals surface area contributed by atoms with Crippen molar-refractivity contribution >= 4 is 28.7 Å². The Kier molecular flexibility index (Phi) is 4.88. The van der Waals surface area contributed by atoms with Gasteiger partial charge in [0.2, 0.25) is 0 Å². The van der Waals surface area contributed by atoms with Crippen molar-refractivity contribution in [1.82, 2.24) is 5.43 Å². The second-order valence-corrected chi connectivity index (χ2v) is 5.77. The lowest BCUT2D eigenvalue weighted by molar-refractivity contribution is 0.415. The molecule has 1 aliphatic carbocycles. The van der Waals surface area contributed by atoms with E-state index in [0.29, 0.717) is 5.11 Å². The van der Waals surface area contributed by atoms with Crippen molar-refractivity contribution in [2.75, 3.05) is 12.4 Å². The molecule has 0 fully saturated rings. The van der Waals surface area contributed by atoms with Gasteiger partial charge in [0.1, 0.15) is 5.75 Å². The summed E-state index contributed by atoms with van der Waals surface area (Å²) in [4.78, 5) is 0. The zero-order valence-electron chi connectivity index (χ0n) is 13.0. The van der Waals surface area contributed by atoms with Gasteiger partial charge < -0.3 is 10.1 Å². The number of benzene rings is 2. The smallest absolute Gasteiger partial charge is 0.191 e. The maximum absolute atomic E-state index is 5.30. The molecule has 0 unspecified atom stereocenters. The molecule has 0 bridgehead atoms. The third kappa shape index (κ3) is 3.87. The fourth-order valence-corrected chi connectivity index (χ4v) is 2.83. The highest BCUT2D eigenvalue weighted by Gasteiger charge is 2.14. The number of hydrazone groups is 1. The van der Waals surface area contributed by atoms with Crippen molar-refractivity contribution in [2.24, 2.45) is 5.10 Å². The fourth-order valence-electron chi connectivity index (χ4n) is 2.67. The fraction of sp³-hybridized carbons (Fsp3) is 0.222. The highest BCUT2D eigenvalue weighted by molar-refractivity contribution is 7.80. The van der Waals surface area contributed by atoms with Gasteiger partial charge in [-0.25, -0.2) is 0 Å². The summed E-state index contributed by atoms with van der Waals surface area (Å²) >= 11 is 5.30. The minimum Gasteiger partial charge on any atom is -0.497 e. The van der Waals surface area contributed by atoms with Crippen LogP contribution in [0.3, 0.4) is 0 Å². The average molecular weight is 325 g/mol. The number of ether oxygens (including phenoxy) is 1. The number of anilines is 1. The van der Waals surface area contributed by atoms with Gasteiger partial charge in [0.25, 0.3) is 0 Å². The van der Waals surface area contributed by atoms with E-state index >= 15 is 0 Å². The standard InChI is InChI=1S/C18H19N3OS/c1-22-15-11-9-14(10-12-15)19-18(23)21-20-17-8-4-6-13-5-2-3-7-16(13)17/h2-3,5,7,9-12H,4,6,8H2,1H3,(H2,19,21,23)/b20-17-. The third-order valence-electron chi connectivity index (χ3n) is 3.83. The highest BCUT2D eigenvalue weighted by atomic mass is 32.1. The summed E-state index contributed by atoms with van der Waals surface area (Å²) in [7, 11) is 1.65. The van der Waals surface area contributed by atoms with Crippen LogP contribution in [0.1, 0.15) is 24.0 Å². The monoisotopic (exact) mass is 325 g/mol. The zero-order chi connectivity index (χ0) is 16.1. The van der Waals surface area contributed by atoms with Crippen LogP contribution in [0.5, 0.6) is 5.75 Å². The zero-order valence-corrected chi connectivity index (χ0v) is 13.8. The van der Waals surface area contributed by atoms with Crippen LogP contribution in [0.25, 0.3) is 0 Å². The van der Waals surface area contributed by atoms with Crippen molar-refractivity contribution in [1.29, 1.82) is 0 Å². The quantitative estimate of drug-likeness (QED) is 0.667. The van der Waals surface area contributed by atoms with Crippen LogP contribution < -0.4 is 15.5 Å². The molecule has 118 valence electrons. The number of thiocarbonyl (C=S) groups is 1. The minimum atomic E-state index is 0.478. The molecule has 0 radical (unpaired) electrons. The van der Waals surface area contributed by atoms with Crippen molar-refractivity contribution in [3.63, 3.8) is 0 Å². The number of methoxy groups -OCH3 is 1. The Morgan fingerprint density at radius 1 is 1.09 bits per heavy atom. The van der Waals surface area contributed by atoms with Crippen LogP contribution in [-0.4, -0.2) is 17.9 Å². The second kappa shape index (κ2) is 7.24. The van der Waals surface area contributed by atoms with Crippen LogP contribution in [0.4, 0.5) is 5.69 Å². The van der Waals surface area contributed by atoms with Gasteiger partial charge in [0.15, 0.2) is 5.11 Å². The first-order valence-electron chi connectivity index (χ1n) is 7.62. The molecular formula is C18H19N3OS. The van der Waals surface area contributed by atoms with Crippen molar-refractivity contribution in [2.45, 2.75) is 19.3 Å². The molecule has 0 aromatic heterocycles. The van der Waals surface area contributed by atoms with Crippen LogP contribution >= 0.6 is 12.2 Å². The minimum absolute atomic E-state index is 0.478. The Hall–Kier alpha value is -2.40. The molecule has 0 aliphatic heterocycles. The lowest BCUT2D eigenvalue weighted by Gasteiger charge is -2.17. The van der Waals surface area contributed by atoms with E-state index in [2.05, 4.69) is 34.0 Å². The summed E-state index contributed by atoms with van der Waals surface area (Å²) in [5.74, 6) is 0.813. The topological polar surface area (TPSA) is 45.6 Å². The molecule has 23 heavy (non-hydrogen) atoms. The van der Waals surface area contributed by atoms with Crippen molar-refractivity contribution in [3.8, 4) is 5.75 Å². The average Bonchev–Trinajstić information content (AvgIpc) is 2.60. The van der Waals surface area contributed by atoms with Crippen molar-refractivity contribution < 1.29 is 4.74 Å². The summed E-state index contributed by atoms with van der Waals surface area (Å²) in [5.41, 5.74) is 7.48. The van der Waals surface area contributed by atoms with E-state index < -0.39 is 0 Å².